The number of rotatable bonds is 15. The number of hydrogen-bond donors (Lipinski definition) is 0. The molecule has 636 valence electrons. The van der Waals surface area contributed by atoms with E-state index in [9.17, 15) is 14.4 Å². The van der Waals surface area contributed by atoms with E-state index in [0.29, 0.717) is 83.3 Å². The smallest absolute Gasteiger partial charge is 0.200 e. The molecule has 0 radical (unpaired) electrons. The molecular weight excluding hydrogens is 1660 g/mol. The molecule has 6 aromatic heterocycles. The van der Waals surface area contributed by atoms with Crippen LogP contribution >= 0.6 is 0 Å². The third-order valence-corrected chi connectivity index (χ3v) is 24.4. The average Bonchev–Trinajstić information content (AvgIpc) is 0.770. The zero-order valence-electron chi connectivity index (χ0n) is 72.7. The maximum absolute atomic E-state index is 13.2. The quantitative estimate of drug-likeness (QED) is 0.0892. The molecule has 0 aliphatic heterocycles. The average molecular weight is 1740 g/mol. The molecule has 0 saturated heterocycles. The summed E-state index contributed by atoms with van der Waals surface area (Å²) < 4.78 is 18.5. The first-order chi connectivity index (χ1) is 66.6. The highest BCUT2D eigenvalue weighted by molar-refractivity contribution is 5.98. The zero-order valence-corrected chi connectivity index (χ0v) is 72.7. The van der Waals surface area contributed by atoms with Crippen molar-refractivity contribution in [3.05, 3.63) is 504 Å². The summed E-state index contributed by atoms with van der Waals surface area (Å²) in [6.45, 7) is 0. The summed E-state index contributed by atoms with van der Waals surface area (Å²) in [5, 5.41) is 3.49. The van der Waals surface area contributed by atoms with E-state index in [0.717, 1.165) is 151 Å². The van der Waals surface area contributed by atoms with Crippen molar-refractivity contribution in [2.24, 2.45) is 0 Å². The van der Waals surface area contributed by atoms with Crippen LogP contribution in [0.3, 0.4) is 0 Å². The van der Waals surface area contributed by atoms with Gasteiger partial charge in [0.1, 0.15) is 33.5 Å². The van der Waals surface area contributed by atoms with Crippen LogP contribution < -0.4 is 16.3 Å². The molecule has 6 heterocycles. The monoisotopic (exact) mass is 1730 g/mol. The molecule has 18 aromatic carbocycles. The normalized spacial score (nSPS) is 11.2. The number of fused-ring (bicyclic) bond motifs is 6. The molecule has 12 heteroatoms. The highest BCUT2D eigenvalue weighted by Gasteiger charge is 2.22. The van der Waals surface area contributed by atoms with Crippen molar-refractivity contribution in [2.45, 2.75) is 0 Å². The van der Waals surface area contributed by atoms with Gasteiger partial charge in [0.2, 0.25) is 16.3 Å². The minimum Gasteiger partial charge on any atom is -0.456 e. The SMILES string of the molecule is O=c1c2ccccc2oc2cc(-c3ccc(-c4ccccc4-c4cc(-c5ccccc5)nc(-c5ccccc5)n4)cc3)ccc12.O=c1c2ccccc2oc2cc(-c3cccc(-c4cccc(-c5nc(-c6ccccc6)cc(-c6ccccc6)n5)c4)c3)ccc12.O=c1c2ccccc2oc2cc(-c3ccccc3-c3ccccc3-c3nc(-c4ccccc4)cc(-c4ccccc4)n3)ccc12. The van der Waals surface area contributed by atoms with Crippen molar-refractivity contribution in [1.82, 2.24) is 29.9 Å². The standard InChI is InChI=1S/3C41H26N2O2/c44-40-34-19-7-8-20-38(34)45-39-25-32(21-22-35(39)40)30-16-9-15-29(23-30)31-17-10-18-33(24-31)41-42-36(27-11-3-1-4-12-27)26-37(43-41)28-13-5-2-6-14-28;44-40-34-21-11-12-22-38(34)45-39-25-29(23-24-35(39)40)30-17-7-8-18-31(30)32-19-9-10-20-33(32)41-42-36(27-13-3-1-4-14-27)26-37(43-41)28-15-5-2-6-16-28;44-40-34-17-9-10-18-38(34)45-39-25-31(23-24-35(39)40)27-19-21-28(22-20-27)32-15-7-8-16-33(32)37-26-36(29-11-3-1-4-12-29)42-41(43-37)30-13-5-2-6-14-30/h3*1-26H. The van der Waals surface area contributed by atoms with Gasteiger partial charge in [0.15, 0.2) is 17.5 Å². The Morgan fingerprint density at radius 2 is 0.378 bits per heavy atom. The highest BCUT2D eigenvalue weighted by Crippen LogP contribution is 2.43. The lowest BCUT2D eigenvalue weighted by Gasteiger charge is -2.15. The van der Waals surface area contributed by atoms with Gasteiger partial charge >= 0.3 is 0 Å². The molecule has 0 N–H and O–H groups in total. The largest absolute Gasteiger partial charge is 0.456 e. The molecule has 0 fully saturated rings. The fourth-order valence-corrected chi connectivity index (χ4v) is 17.6. The molecule has 135 heavy (non-hydrogen) atoms. The van der Waals surface area contributed by atoms with Gasteiger partial charge in [-0.05, 0) is 170 Å². The Hall–Kier alpha value is -18.4. The predicted molar refractivity (Wildman–Crippen MR) is 548 cm³/mol. The summed E-state index contributed by atoms with van der Waals surface area (Å²) >= 11 is 0. The molecule has 0 aliphatic rings. The number of para-hydroxylation sites is 3. The van der Waals surface area contributed by atoms with E-state index in [1.54, 1.807) is 18.2 Å². The Balaban J connectivity index is 0.000000118. The van der Waals surface area contributed by atoms with Crippen molar-refractivity contribution >= 4 is 65.8 Å². The number of hydrogen-bond acceptors (Lipinski definition) is 12. The van der Waals surface area contributed by atoms with Crippen molar-refractivity contribution in [3.63, 3.8) is 0 Å². The Kier molecular flexibility index (Phi) is 22.3. The van der Waals surface area contributed by atoms with Crippen LogP contribution in [0, 0.1) is 0 Å². The lowest BCUT2D eigenvalue weighted by atomic mass is 9.91. The van der Waals surface area contributed by atoms with Crippen LogP contribution in [0.1, 0.15) is 0 Å². The van der Waals surface area contributed by atoms with Gasteiger partial charge in [-0.25, -0.2) is 29.9 Å². The van der Waals surface area contributed by atoms with E-state index < -0.39 is 0 Å². The molecule has 0 amide bonds. The van der Waals surface area contributed by atoms with Gasteiger partial charge in [-0.15, -0.1) is 0 Å². The van der Waals surface area contributed by atoms with Gasteiger partial charge in [-0.3, -0.25) is 14.4 Å². The van der Waals surface area contributed by atoms with E-state index >= 15 is 0 Å². The zero-order chi connectivity index (χ0) is 90.5. The predicted octanol–water partition coefficient (Wildman–Crippen LogP) is 30.2. The number of nitrogens with zero attached hydrogens (tertiary/aromatic N) is 6. The third-order valence-electron chi connectivity index (χ3n) is 24.4. The summed E-state index contributed by atoms with van der Waals surface area (Å²) in [6, 6.07) is 157. The van der Waals surface area contributed by atoms with Gasteiger partial charge in [0, 0.05) is 50.1 Å². The lowest BCUT2D eigenvalue weighted by Crippen LogP contribution is -2.01. The number of benzene rings is 18. The van der Waals surface area contributed by atoms with Gasteiger partial charge < -0.3 is 13.3 Å². The molecule has 24 aromatic rings. The van der Waals surface area contributed by atoms with Crippen molar-refractivity contribution in [1.29, 1.82) is 0 Å². The number of aromatic nitrogens is 6. The first-order valence-corrected chi connectivity index (χ1v) is 44.6. The van der Waals surface area contributed by atoms with Gasteiger partial charge in [0.05, 0.1) is 66.5 Å². The van der Waals surface area contributed by atoms with E-state index in [1.165, 1.54) is 0 Å². The first kappa shape index (κ1) is 82.3. The van der Waals surface area contributed by atoms with E-state index in [2.05, 4.69) is 188 Å². The van der Waals surface area contributed by atoms with E-state index in [4.69, 9.17) is 43.2 Å². The van der Waals surface area contributed by atoms with Crippen LogP contribution in [0.4, 0.5) is 0 Å². The van der Waals surface area contributed by atoms with Crippen LogP contribution in [0.25, 0.3) is 234 Å². The van der Waals surface area contributed by atoms with E-state index in [-0.39, 0.29) is 16.3 Å². The van der Waals surface area contributed by atoms with Gasteiger partial charge in [-0.2, -0.15) is 0 Å². The fourth-order valence-electron chi connectivity index (χ4n) is 17.6. The molecule has 0 atom stereocenters. The van der Waals surface area contributed by atoms with Crippen molar-refractivity contribution in [3.8, 4) is 168 Å². The maximum Gasteiger partial charge on any atom is 0.200 e. The summed E-state index contributed by atoms with van der Waals surface area (Å²) in [5.41, 5.74) is 30.0. The summed E-state index contributed by atoms with van der Waals surface area (Å²) in [7, 11) is 0. The molecule has 0 saturated carbocycles. The fraction of sp³-hybridized carbons (Fsp3) is 0. The molecule has 0 spiro atoms. The molecule has 0 aliphatic carbocycles. The second-order valence-electron chi connectivity index (χ2n) is 32.9. The van der Waals surface area contributed by atoms with Gasteiger partial charge in [0.25, 0.3) is 0 Å². The molecule has 12 nitrogen and oxygen atoms in total. The van der Waals surface area contributed by atoms with Crippen LogP contribution in [-0.2, 0) is 0 Å². The minimum atomic E-state index is -0.0262. The summed E-state index contributed by atoms with van der Waals surface area (Å²) in [6.07, 6.45) is 0. The van der Waals surface area contributed by atoms with Crippen LogP contribution in [-0.4, -0.2) is 29.9 Å². The first-order valence-electron chi connectivity index (χ1n) is 44.6. The second-order valence-corrected chi connectivity index (χ2v) is 32.9. The van der Waals surface area contributed by atoms with Crippen LogP contribution in [0.2, 0.25) is 0 Å². The van der Waals surface area contributed by atoms with Crippen molar-refractivity contribution < 1.29 is 13.3 Å². The summed E-state index contributed by atoms with van der Waals surface area (Å²) in [4.78, 5) is 69.5. The van der Waals surface area contributed by atoms with E-state index in [1.807, 2.05) is 267 Å². The van der Waals surface area contributed by atoms with Crippen LogP contribution in [0.15, 0.2) is 501 Å². The van der Waals surface area contributed by atoms with Gasteiger partial charge in [-0.1, -0.05) is 370 Å². The molecule has 0 unspecified atom stereocenters. The Morgan fingerprint density at radius 3 is 0.793 bits per heavy atom. The lowest BCUT2D eigenvalue weighted by molar-refractivity contribution is 0.659. The topological polar surface area (TPSA) is 168 Å². The van der Waals surface area contributed by atoms with Crippen molar-refractivity contribution in [2.75, 3.05) is 0 Å². The Labute approximate surface area is 776 Å². The Morgan fingerprint density at radius 1 is 0.133 bits per heavy atom. The van der Waals surface area contributed by atoms with Crippen LogP contribution in [0.5, 0.6) is 0 Å². The minimum absolute atomic E-state index is 0.0130. The third kappa shape index (κ3) is 17.0. The molecular formula is C123H78N6O6. The molecule has 0 bridgehead atoms. The Bertz CT molecular complexity index is 8630. The highest BCUT2D eigenvalue weighted by atomic mass is 16.3. The maximum atomic E-state index is 13.2. The summed E-state index contributed by atoms with van der Waals surface area (Å²) in [5.74, 6) is 2.01. The molecule has 24 rings (SSSR count). The second kappa shape index (κ2) is 36.6.